The van der Waals surface area contributed by atoms with Crippen LogP contribution in [0.3, 0.4) is 0 Å². The molecule has 0 saturated heterocycles. The maximum atomic E-state index is 14.0. The zero-order valence-corrected chi connectivity index (χ0v) is 21.2. The van der Waals surface area contributed by atoms with Crippen molar-refractivity contribution in [1.29, 1.82) is 0 Å². The summed E-state index contributed by atoms with van der Waals surface area (Å²) in [6, 6.07) is 3.67. The van der Waals surface area contributed by atoms with Crippen LogP contribution in [0.25, 0.3) is 10.4 Å². The van der Waals surface area contributed by atoms with Gasteiger partial charge < -0.3 is 15.8 Å². The van der Waals surface area contributed by atoms with E-state index in [0.29, 0.717) is 30.7 Å². The highest BCUT2D eigenvalue weighted by Gasteiger charge is 2.40. The molecule has 0 aliphatic heterocycles. The van der Waals surface area contributed by atoms with Crippen LogP contribution in [0.5, 0.6) is 0 Å². The first kappa shape index (κ1) is 27.2. The molecule has 1 aliphatic carbocycles. The van der Waals surface area contributed by atoms with Gasteiger partial charge in [-0.2, -0.15) is 13.2 Å². The summed E-state index contributed by atoms with van der Waals surface area (Å²) in [7, 11) is -4.09. The molecule has 0 unspecified atom stereocenters. The van der Waals surface area contributed by atoms with Crippen LogP contribution in [0.4, 0.5) is 23.7 Å². The molecular weight excluding hydrogens is 505 g/mol. The van der Waals surface area contributed by atoms with Gasteiger partial charge in [0.05, 0.1) is 20.9 Å². The fourth-order valence-electron chi connectivity index (χ4n) is 4.00. The number of alkyl carbamates (subject to hydrolysis) is 1. The number of thiazole rings is 1. The summed E-state index contributed by atoms with van der Waals surface area (Å²) in [4.78, 5) is 15.2. The van der Waals surface area contributed by atoms with E-state index < -0.39 is 28.0 Å². The van der Waals surface area contributed by atoms with Crippen molar-refractivity contribution in [2.75, 3.05) is 12.3 Å². The van der Waals surface area contributed by atoms with Gasteiger partial charge in [-0.25, -0.2) is 22.9 Å². The summed E-state index contributed by atoms with van der Waals surface area (Å²) in [6.45, 7) is 5.12. The molecule has 4 N–H and O–H groups in total. The number of halogens is 3. The summed E-state index contributed by atoms with van der Waals surface area (Å²) in [5, 5.41) is 3.08. The first-order valence-corrected chi connectivity index (χ1v) is 13.6. The number of hydrogen-bond acceptors (Lipinski definition) is 7. The molecule has 1 saturated carbocycles. The quantitative estimate of drug-likeness (QED) is 0.436. The number of nitrogen functional groups attached to an aromatic ring is 1. The van der Waals surface area contributed by atoms with E-state index >= 15 is 0 Å². The lowest BCUT2D eigenvalue weighted by Crippen LogP contribution is -2.38. The lowest BCUT2D eigenvalue weighted by molar-refractivity contribution is -0.140. The minimum Gasteiger partial charge on any atom is -0.447 e. The number of amides is 1. The zero-order valence-electron chi connectivity index (χ0n) is 19.6. The Balaban J connectivity index is 1.92. The molecular formula is C22H29F3N4O4S2. The Morgan fingerprint density at radius 1 is 1.26 bits per heavy atom. The van der Waals surface area contributed by atoms with Crippen molar-refractivity contribution in [3.63, 3.8) is 0 Å². The largest absolute Gasteiger partial charge is 0.447 e. The smallest absolute Gasteiger partial charge is 0.434 e. The monoisotopic (exact) mass is 534 g/mol. The van der Waals surface area contributed by atoms with Crippen LogP contribution in [0.2, 0.25) is 0 Å². The predicted molar refractivity (Wildman–Crippen MR) is 128 cm³/mol. The van der Waals surface area contributed by atoms with Gasteiger partial charge in [0, 0.05) is 29.8 Å². The van der Waals surface area contributed by atoms with E-state index in [9.17, 15) is 26.4 Å². The van der Waals surface area contributed by atoms with Gasteiger partial charge in [0.25, 0.3) is 0 Å². The number of nitrogens with two attached hydrogens (primary N) is 1. The highest BCUT2D eigenvalue weighted by atomic mass is 32.2. The molecule has 35 heavy (non-hydrogen) atoms. The summed E-state index contributed by atoms with van der Waals surface area (Å²) < 4.78 is 74.8. The van der Waals surface area contributed by atoms with Crippen molar-refractivity contribution in [2.24, 2.45) is 0 Å². The van der Waals surface area contributed by atoms with Crippen LogP contribution in [-0.2, 0) is 20.9 Å². The van der Waals surface area contributed by atoms with Gasteiger partial charge in [0.2, 0.25) is 10.0 Å². The van der Waals surface area contributed by atoms with Crippen molar-refractivity contribution in [3.8, 4) is 10.4 Å². The lowest BCUT2D eigenvalue weighted by Gasteiger charge is -2.28. The lowest BCUT2D eigenvalue weighted by atomic mass is 9.86. The number of benzene rings is 1. The number of rotatable bonds is 7. The molecule has 0 atom stereocenters. The van der Waals surface area contributed by atoms with Gasteiger partial charge in [0.15, 0.2) is 5.69 Å². The Labute approximate surface area is 206 Å². The van der Waals surface area contributed by atoms with E-state index in [1.807, 2.05) is 0 Å². The Bertz CT molecular complexity index is 1160. The van der Waals surface area contributed by atoms with Gasteiger partial charge in [-0.15, -0.1) is 11.3 Å². The number of hydrogen-bond donors (Lipinski definition) is 3. The molecule has 194 valence electrons. The van der Waals surface area contributed by atoms with Gasteiger partial charge in [-0.05, 0) is 51.7 Å². The van der Waals surface area contributed by atoms with Crippen molar-refractivity contribution in [2.45, 2.75) is 75.6 Å². The van der Waals surface area contributed by atoms with E-state index in [0.717, 1.165) is 17.4 Å². The summed E-state index contributed by atoms with van der Waals surface area (Å²) in [5.74, 6) is -0.239. The highest BCUT2D eigenvalue weighted by molar-refractivity contribution is 7.89. The number of alkyl halides is 3. The number of carbonyl (C=O) groups is 1. The maximum absolute atomic E-state index is 14.0. The van der Waals surface area contributed by atoms with Crippen LogP contribution < -0.4 is 15.8 Å². The number of anilines is 1. The maximum Gasteiger partial charge on any atom is 0.434 e. The topological polar surface area (TPSA) is 123 Å². The number of nitrogens with zero attached hydrogens (tertiary/aromatic N) is 1. The second-order valence-corrected chi connectivity index (χ2v) is 11.4. The Morgan fingerprint density at radius 3 is 2.49 bits per heavy atom. The number of nitrogens with one attached hydrogen (secondary N) is 2. The van der Waals surface area contributed by atoms with Crippen LogP contribution >= 0.6 is 11.3 Å². The van der Waals surface area contributed by atoms with Gasteiger partial charge in [-0.1, -0.05) is 13.0 Å². The average Bonchev–Trinajstić information content (AvgIpc) is 3.19. The van der Waals surface area contributed by atoms with Crippen LogP contribution in [0, 0.1) is 0 Å². The van der Waals surface area contributed by atoms with Crippen molar-refractivity contribution in [1.82, 2.24) is 15.0 Å². The first-order valence-electron chi connectivity index (χ1n) is 11.3. The molecule has 13 heteroatoms. The number of sulfonamides is 1. The summed E-state index contributed by atoms with van der Waals surface area (Å²) in [6.07, 6.45) is -3.36. The molecule has 0 spiro atoms. The van der Waals surface area contributed by atoms with Crippen molar-refractivity contribution < 1.29 is 31.1 Å². The molecule has 1 fully saturated rings. The summed E-state index contributed by atoms with van der Waals surface area (Å²) >= 11 is 0.848. The Hall–Kier alpha value is -2.38. The van der Waals surface area contributed by atoms with E-state index in [2.05, 4.69) is 15.0 Å². The second kappa shape index (κ2) is 10.7. The van der Waals surface area contributed by atoms with E-state index in [-0.39, 0.29) is 45.6 Å². The van der Waals surface area contributed by atoms with E-state index in [1.54, 1.807) is 20.8 Å². The molecule has 2 aromatic rings. The molecule has 1 aromatic carbocycles. The van der Waals surface area contributed by atoms with E-state index in [4.69, 9.17) is 10.5 Å². The Morgan fingerprint density at radius 2 is 1.91 bits per heavy atom. The number of carbonyl (C=O) groups excluding carboxylic acids is 1. The zero-order chi connectivity index (χ0) is 26.0. The number of ether oxygens (including phenoxy) is 1. The molecule has 1 heterocycles. The molecule has 1 aliphatic rings. The summed E-state index contributed by atoms with van der Waals surface area (Å²) in [5.41, 5.74) is 4.66. The third-order valence-corrected chi connectivity index (χ3v) is 8.36. The van der Waals surface area contributed by atoms with E-state index in [1.165, 1.54) is 12.1 Å². The minimum atomic E-state index is -4.77. The molecule has 3 rings (SSSR count). The average molecular weight is 535 g/mol. The SMILES string of the molecule is CCNS(=O)(=O)c1cc(N)ccc1-c1sc(C2CCC(NC(=O)OC(C)C)CC2)nc1C(F)(F)F. The molecule has 1 aromatic heterocycles. The highest BCUT2D eigenvalue weighted by Crippen LogP contribution is 2.46. The van der Waals surface area contributed by atoms with Gasteiger partial charge in [-0.3, -0.25) is 0 Å². The Kier molecular flexibility index (Phi) is 8.32. The minimum absolute atomic E-state index is 0.0681. The molecule has 0 bridgehead atoms. The van der Waals surface area contributed by atoms with Crippen LogP contribution in [-0.4, -0.2) is 38.2 Å². The first-order chi connectivity index (χ1) is 16.3. The standard InChI is InChI=1S/C22H29F3N4O4S2/c1-4-27-35(31,32)17-11-14(26)7-10-16(17)18-19(22(23,24)25)29-20(34-18)13-5-8-15(9-6-13)28-21(30)33-12(2)3/h7,10-13,15,27H,4-6,8-9,26H2,1-3H3,(H,28,30). The normalized spacial score (nSPS) is 19.1. The van der Waals surface area contributed by atoms with Crippen molar-refractivity contribution in [3.05, 3.63) is 28.9 Å². The second-order valence-electron chi connectivity index (χ2n) is 8.63. The van der Waals surface area contributed by atoms with Crippen LogP contribution in [0.15, 0.2) is 23.1 Å². The third-order valence-electron chi connectivity index (χ3n) is 5.53. The van der Waals surface area contributed by atoms with Crippen LogP contribution in [0.1, 0.15) is 63.1 Å². The fraction of sp³-hybridized carbons (Fsp3) is 0.545. The predicted octanol–water partition coefficient (Wildman–Crippen LogP) is 4.87. The number of aromatic nitrogens is 1. The fourth-order valence-corrected chi connectivity index (χ4v) is 6.65. The van der Waals surface area contributed by atoms with Crippen molar-refractivity contribution >= 4 is 33.1 Å². The molecule has 1 amide bonds. The van der Waals surface area contributed by atoms with Gasteiger partial charge >= 0.3 is 12.3 Å². The molecule has 8 nitrogen and oxygen atoms in total. The third kappa shape index (κ3) is 6.64. The van der Waals surface area contributed by atoms with Gasteiger partial charge in [0.1, 0.15) is 0 Å². The molecule has 0 radical (unpaired) electrons.